The minimum atomic E-state index is -0.445. The highest BCUT2D eigenvalue weighted by Crippen LogP contribution is 1.95. The molecule has 0 rings (SSSR count). The molecule has 0 bridgehead atoms. The molecule has 0 saturated heterocycles. The molecule has 0 aromatic rings. The second kappa shape index (κ2) is 21.9. The quantitative estimate of drug-likeness (QED) is 0.249. The Balaban J connectivity index is -0.000000320. The first kappa shape index (κ1) is 31.3. The van der Waals surface area contributed by atoms with Crippen molar-refractivity contribution in [3.63, 3.8) is 0 Å². The Bertz CT molecular complexity index is 260. The molecule has 0 fully saturated rings. The van der Waals surface area contributed by atoms with Gasteiger partial charge < -0.3 is 44.8 Å². The van der Waals surface area contributed by atoms with E-state index in [1.807, 2.05) is 0 Å². The minimum absolute atomic E-state index is 0.00431. The second-order valence-corrected chi connectivity index (χ2v) is 6.53. The zero-order chi connectivity index (χ0) is 21.8. The van der Waals surface area contributed by atoms with Crippen molar-refractivity contribution in [3.8, 4) is 0 Å². The maximum absolute atomic E-state index is 8.69. The van der Waals surface area contributed by atoms with Crippen molar-refractivity contribution in [3.05, 3.63) is 0 Å². The first-order chi connectivity index (χ1) is 12.5. The molecule has 9 heteroatoms. The Hall–Kier alpha value is -0.360. The third kappa shape index (κ3) is 33.6. The summed E-state index contributed by atoms with van der Waals surface area (Å²) in [5.74, 6) is 0. The van der Waals surface area contributed by atoms with Gasteiger partial charge in [0.25, 0.3) is 0 Å². The predicted molar refractivity (Wildman–Crippen MR) is 103 cm³/mol. The predicted octanol–water partition coefficient (Wildman–Crippen LogP) is -0.706. The van der Waals surface area contributed by atoms with Crippen LogP contribution in [0.1, 0.15) is 41.5 Å². The summed E-state index contributed by atoms with van der Waals surface area (Å²) in [6, 6.07) is 0. The Morgan fingerprint density at radius 3 is 1.15 bits per heavy atom. The van der Waals surface area contributed by atoms with Gasteiger partial charge in [0.15, 0.2) is 0 Å². The van der Waals surface area contributed by atoms with Gasteiger partial charge in [-0.2, -0.15) is 0 Å². The largest absolute Gasteiger partial charge is 0.394 e. The van der Waals surface area contributed by atoms with E-state index in [-0.39, 0.29) is 38.1 Å². The number of aliphatic hydroxyl groups is 6. The van der Waals surface area contributed by atoms with Crippen molar-refractivity contribution in [1.82, 2.24) is 0 Å². The standard InChI is InChI=1S/3C6H14O3/c1-5(8)4-9-6(2)3-7;1-5(7)3-9-4-6(2)8;1-5(3-7)9-6(2)4-8/h3*5-8H,3-4H2,1-2H3. The molecule has 0 amide bonds. The molecule has 0 aliphatic rings. The van der Waals surface area contributed by atoms with Crippen LogP contribution in [-0.2, 0) is 14.2 Å². The number of aliphatic hydroxyl groups excluding tert-OH is 6. The van der Waals surface area contributed by atoms with Crippen molar-refractivity contribution in [2.45, 2.75) is 78.2 Å². The van der Waals surface area contributed by atoms with Gasteiger partial charge >= 0.3 is 0 Å². The molecule has 0 radical (unpaired) electrons. The topological polar surface area (TPSA) is 149 Å². The summed E-state index contributed by atoms with van der Waals surface area (Å²) in [6.45, 7) is 11.1. The molecular formula is C18H42O9. The molecule has 0 aromatic carbocycles. The lowest BCUT2D eigenvalue weighted by atomic mass is 10.4. The maximum atomic E-state index is 8.69. The summed E-state index contributed by atoms with van der Waals surface area (Å²) in [4.78, 5) is 0. The van der Waals surface area contributed by atoms with Crippen LogP contribution < -0.4 is 0 Å². The summed E-state index contributed by atoms with van der Waals surface area (Å²) in [6.07, 6.45) is -1.84. The summed E-state index contributed by atoms with van der Waals surface area (Å²) in [7, 11) is 0. The molecule has 6 unspecified atom stereocenters. The maximum Gasteiger partial charge on any atom is 0.0782 e. The van der Waals surface area contributed by atoms with Crippen LogP contribution in [-0.4, -0.2) is 107 Å². The zero-order valence-corrected chi connectivity index (χ0v) is 17.6. The highest BCUT2D eigenvalue weighted by molar-refractivity contribution is 4.51. The fourth-order valence-electron chi connectivity index (χ4n) is 1.25. The van der Waals surface area contributed by atoms with Crippen LogP contribution in [0.4, 0.5) is 0 Å². The van der Waals surface area contributed by atoms with Crippen molar-refractivity contribution >= 4 is 0 Å². The number of rotatable bonds is 12. The molecule has 6 atom stereocenters. The molecule has 0 spiro atoms. The fourth-order valence-corrected chi connectivity index (χ4v) is 1.25. The van der Waals surface area contributed by atoms with Crippen molar-refractivity contribution < 1.29 is 44.8 Å². The van der Waals surface area contributed by atoms with Crippen LogP contribution in [0.25, 0.3) is 0 Å². The second-order valence-electron chi connectivity index (χ2n) is 6.53. The van der Waals surface area contributed by atoms with Gasteiger partial charge in [0, 0.05) is 0 Å². The molecule has 9 nitrogen and oxygen atoms in total. The molecule has 0 aliphatic carbocycles. The molecular weight excluding hydrogens is 360 g/mol. The third-order valence-corrected chi connectivity index (χ3v) is 2.58. The zero-order valence-electron chi connectivity index (χ0n) is 17.6. The molecule has 0 aliphatic heterocycles. The number of hydrogen-bond acceptors (Lipinski definition) is 9. The van der Waals surface area contributed by atoms with Crippen LogP contribution >= 0.6 is 0 Å². The van der Waals surface area contributed by atoms with E-state index >= 15 is 0 Å². The van der Waals surface area contributed by atoms with Gasteiger partial charge in [-0.05, 0) is 41.5 Å². The summed E-state index contributed by atoms with van der Waals surface area (Å²) >= 11 is 0. The molecule has 6 N–H and O–H groups in total. The average molecular weight is 403 g/mol. The van der Waals surface area contributed by atoms with E-state index in [2.05, 4.69) is 0 Å². The first-order valence-corrected chi connectivity index (χ1v) is 9.21. The molecule has 0 heterocycles. The van der Waals surface area contributed by atoms with E-state index in [0.29, 0.717) is 19.8 Å². The van der Waals surface area contributed by atoms with Crippen molar-refractivity contribution in [2.75, 3.05) is 39.6 Å². The van der Waals surface area contributed by atoms with E-state index in [0.717, 1.165) is 0 Å². The van der Waals surface area contributed by atoms with Crippen LogP contribution in [0, 0.1) is 0 Å². The van der Waals surface area contributed by atoms with Gasteiger partial charge in [0.05, 0.1) is 76.3 Å². The van der Waals surface area contributed by atoms with Gasteiger partial charge in [0.2, 0.25) is 0 Å². The normalized spacial score (nSPS) is 17.3. The summed E-state index contributed by atoms with van der Waals surface area (Å²) < 4.78 is 14.9. The Morgan fingerprint density at radius 2 is 0.889 bits per heavy atom. The van der Waals surface area contributed by atoms with Crippen molar-refractivity contribution in [1.29, 1.82) is 0 Å². The van der Waals surface area contributed by atoms with Gasteiger partial charge in [-0.1, -0.05) is 0 Å². The minimum Gasteiger partial charge on any atom is -0.394 e. The van der Waals surface area contributed by atoms with Crippen LogP contribution in [0.3, 0.4) is 0 Å². The van der Waals surface area contributed by atoms with Crippen LogP contribution in [0.15, 0.2) is 0 Å². The van der Waals surface area contributed by atoms with Crippen LogP contribution in [0.5, 0.6) is 0 Å². The van der Waals surface area contributed by atoms with E-state index < -0.39 is 18.3 Å². The van der Waals surface area contributed by atoms with Gasteiger partial charge in [0.1, 0.15) is 0 Å². The fraction of sp³-hybridized carbons (Fsp3) is 1.00. The van der Waals surface area contributed by atoms with E-state index in [1.165, 1.54) is 0 Å². The lowest BCUT2D eigenvalue weighted by molar-refractivity contribution is -0.0424. The molecule has 168 valence electrons. The number of hydrogen-bond donors (Lipinski definition) is 6. The van der Waals surface area contributed by atoms with Gasteiger partial charge in [-0.15, -0.1) is 0 Å². The lowest BCUT2D eigenvalue weighted by Gasteiger charge is -2.14. The van der Waals surface area contributed by atoms with Gasteiger partial charge in [-0.25, -0.2) is 0 Å². The van der Waals surface area contributed by atoms with Crippen molar-refractivity contribution in [2.24, 2.45) is 0 Å². The first-order valence-electron chi connectivity index (χ1n) is 9.21. The summed E-state index contributed by atoms with van der Waals surface area (Å²) in [5.41, 5.74) is 0. The molecule has 0 aromatic heterocycles. The van der Waals surface area contributed by atoms with E-state index in [4.69, 9.17) is 44.8 Å². The van der Waals surface area contributed by atoms with Gasteiger partial charge in [-0.3, -0.25) is 0 Å². The highest BCUT2D eigenvalue weighted by Gasteiger charge is 2.04. The average Bonchev–Trinajstić information content (AvgIpc) is 2.59. The SMILES string of the molecule is CC(CO)OC(C)CO.CC(O)COC(C)CO.CC(O)COCC(C)O. The van der Waals surface area contributed by atoms with Crippen LogP contribution in [0.2, 0.25) is 0 Å². The molecule has 27 heavy (non-hydrogen) atoms. The Kier molecular flexibility index (Phi) is 25.5. The monoisotopic (exact) mass is 402 g/mol. The van der Waals surface area contributed by atoms with E-state index in [9.17, 15) is 0 Å². The highest BCUT2D eigenvalue weighted by atomic mass is 16.5. The Morgan fingerprint density at radius 1 is 0.556 bits per heavy atom. The Labute approximate surface area is 163 Å². The smallest absolute Gasteiger partial charge is 0.0782 e. The molecule has 0 saturated carbocycles. The summed E-state index contributed by atoms with van der Waals surface area (Å²) in [5, 5.41) is 51.4. The number of ether oxygens (including phenoxy) is 3. The van der Waals surface area contributed by atoms with E-state index in [1.54, 1.807) is 41.5 Å². The third-order valence-electron chi connectivity index (χ3n) is 2.58. The lowest BCUT2D eigenvalue weighted by Crippen LogP contribution is -2.22.